The number of nitrogens with zero attached hydrogens (tertiary/aromatic N) is 1. The summed E-state index contributed by atoms with van der Waals surface area (Å²) in [6.45, 7) is 7.80. The van der Waals surface area contributed by atoms with Crippen LogP contribution < -0.4 is 5.32 Å². The van der Waals surface area contributed by atoms with Gasteiger partial charge in [0.2, 0.25) is 0 Å². The lowest BCUT2D eigenvalue weighted by molar-refractivity contribution is 0.404. The second-order valence-electron chi connectivity index (χ2n) is 4.74. The molecule has 0 aromatic carbocycles. The molecule has 0 aliphatic heterocycles. The van der Waals surface area contributed by atoms with E-state index in [1.165, 1.54) is 18.5 Å². The van der Waals surface area contributed by atoms with E-state index < -0.39 is 0 Å². The number of rotatable bonds is 7. The molecule has 0 saturated carbocycles. The Hall–Kier alpha value is -0.890. The molecule has 90 valence electrons. The third kappa shape index (κ3) is 5.26. The smallest absolute Gasteiger partial charge is 0.0404 e. The Morgan fingerprint density at radius 3 is 2.69 bits per heavy atom. The van der Waals surface area contributed by atoms with E-state index in [0.717, 1.165) is 18.9 Å². The molecule has 2 heteroatoms. The van der Waals surface area contributed by atoms with Crippen molar-refractivity contribution in [1.29, 1.82) is 0 Å². The van der Waals surface area contributed by atoms with Crippen LogP contribution in [-0.2, 0) is 6.42 Å². The van der Waals surface area contributed by atoms with E-state index in [1.54, 1.807) is 0 Å². The van der Waals surface area contributed by atoms with Crippen LogP contribution >= 0.6 is 0 Å². The first-order chi connectivity index (χ1) is 7.72. The summed E-state index contributed by atoms with van der Waals surface area (Å²) in [6, 6.07) is 6.78. The van der Waals surface area contributed by atoms with E-state index in [9.17, 15) is 0 Å². The Morgan fingerprint density at radius 2 is 2.12 bits per heavy atom. The normalized spacial score (nSPS) is 13.0. The van der Waals surface area contributed by atoms with E-state index in [0.29, 0.717) is 6.04 Å². The Balaban J connectivity index is 2.37. The van der Waals surface area contributed by atoms with Gasteiger partial charge in [-0.3, -0.25) is 4.98 Å². The maximum Gasteiger partial charge on any atom is 0.0404 e. The van der Waals surface area contributed by atoms with Gasteiger partial charge in [-0.1, -0.05) is 26.8 Å². The molecule has 1 N–H and O–H groups in total. The van der Waals surface area contributed by atoms with Crippen molar-refractivity contribution in [2.45, 2.75) is 46.1 Å². The van der Waals surface area contributed by atoms with Crippen LogP contribution in [0.4, 0.5) is 0 Å². The number of aromatic nitrogens is 1. The molecular weight excluding hydrogens is 196 g/mol. The first kappa shape index (κ1) is 13.2. The summed E-state index contributed by atoms with van der Waals surface area (Å²) in [7, 11) is 0. The molecule has 0 spiro atoms. The molecule has 0 aliphatic rings. The van der Waals surface area contributed by atoms with Gasteiger partial charge in [-0.05, 0) is 43.9 Å². The van der Waals surface area contributed by atoms with Crippen molar-refractivity contribution in [2.24, 2.45) is 5.92 Å². The highest BCUT2D eigenvalue weighted by Gasteiger charge is 2.09. The summed E-state index contributed by atoms with van der Waals surface area (Å²) in [4.78, 5) is 4.36. The fourth-order valence-electron chi connectivity index (χ4n) is 2.03. The highest BCUT2D eigenvalue weighted by atomic mass is 14.9. The van der Waals surface area contributed by atoms with Crippen molar-refractivity contribution < 1.29 is 0 Å². The van der Waals surface area contributed by atoms with Gasteiger partial charge in [0.15, 0.2) is 0 Å². The lowest BCUT2D eigenvalue weighted by atomic mass is 9.99. The summed E-state index contributed by atoms with van der Waals surface area (Å²) in [5, 5.41) is 3.56. The Labute approximate surface area is 99.5 Å². The Kier molecular flexibility index (Phi) is 6.09. The second-order valence-corrected chi connectivity index (χ2v) is 4.74. The molecule has 0 aliphatic carbocycles. The largest absolute Gasteiger partial charge is 0.314 e. The molecule has 0 bridgehead atoms. The van der Waals surface area contributed by atoms with Crippen LogP contribution in [0.25, 0.3) is 0 Å². The van der Waals surface area contributed by atoms with Crippen molar-refractivity contribution in [2.75, 3.05) is 6.54 Å². The predicted molar refractivity (Wildman–Crippen MR) is 69.5 cm³/mol. The summed E-state index contributed by atoms with van der Waals surface area (Å²) < 4.78 is 0. The number of hydrogen-bond donors (Lipinski definition) is 1. The third-order valence-electron chi connectivity index (χ3n) is 2.72. The first-order valence-corrected chi connectivity index (χ1v) is 6.35. The molecule has 1 heterocycles. The minimum atomic E-state index is 0.631. The standard InChI is InChI=1S/C14H24N2/c1-4-15-14(11-12(2)3)9-8-13-7-5-6-10-16-13/h5-7,10,12,14-15H,4,8-9,11H2,1-3H3. The number of pyridine rings is 1. The quantitative estimate of drug-likeness (QED) is 0.764. The van der Waals surface area contributed by atoms with Crippen molar-refractivity contribution in [1.82, 2.24) is 10.3 Å². The molecule has 0 amide bonds. The van der Waals surface area contributed by atoms with Crippen molar-refractivity contribution >= 4 is 0 Å². The van der Waals surface area contributed by atoms with Gasteiger partial charge in [0, 0.05) is 17.9 Å². The molecule has 0 fully saturated rings. The van der Waals surface area contributed by atoms with Gasteiger partial charge in [0.05, 0.1) is 0 Å². The topological polar surface area (TPSA) is 24.9 Å². The average Bonchev–Trinajstić information content (AvgIpc) is 2.27. The van der Waals surface area contributed by atoms with E-state index in [4.69, 9.17) is 0 Å². The Bertz CT molecular complexity index is 269. The van der Waals surface area contributed by atoms with E-state index in [-0.39, 0.29) is 0 Å². The van der Waals surface area contributed by atoms with Crippen molar-refractivity contribution in [3.8, 4) is 0 Å². The highest BCUT2D eigenvalue weighted by Crippen LogP contribution is 2.10. The molecule has 2 nitrogen and oxygen atoms in total. The van der Waals surface area contributed by atoms with Crippen LogP contribution in [0.15, 0.2) is 24.4 Å². The zero-order valence-electron chi connectivity index (χ0n) is 10.7. The molecule has 1 unspecified atom stereocenters. The van der Waals surface area contributed by atoms with Gasteiger partial charge in [0.1, 0.15) is 0 Å². The summed E-state index contributed by atoms with van der Waals surface area (Å²) >= 11 is 0. The van der Waals surface area contributed by atoms with Gasteiger partial charge in [-0.2, -0.15) is 0 Å². The van der Waals surface area contributed by atoms with Gasteiger partial charge in [-0.25, -0.2) is 0 Å². The maximum absolute atomic E-state index is 4.36. The van der Waals surface area contributed by atoms with Crippen LogP contribution in [0.1, 0.15) is 39.3 Å². The molecule has 0 radical (unpaired) electrons. The average molecular weight is 220 g/mol. The van der Waals surface area contributed by atoms with E-state index >= 15 is 0 Å². The van der Waals surface area contributed by atoms with E-state index in [1.807, 2.05) is 12.3 Å². The lowest BCUT2D eigenvalue weighted by Crippen LogP contribution is -2.30. The molecule has 1 aromatic heterocycles. The fourth-order valence-corrected chi connectivity index (χ4v) is 2.03. The van der Waals surface area contributed by atoms with Crippen molar-refractivity contribution in [3.05, 3.63) is 30.1 Å². The zero-order chi connectivity index (χ0) is 11.8. The van der Waals surface area contributed by atoms with Crippen LogP contribution in [0.3, 0.4) is 0 Å². The van der Waals surface area contributed by atoms with Gasteiger partial charge in [0.25, 0.3) is 0 Å². The predicted octanol–water partition coefficient (Wildman–Crippen LogP) is 3.04. The molecule has 1 aromatic rings. The molecule has 1 atom stereocenters. The zero-order valence-corrected chi connectivity index (χ0v) is 10.7. The van der Waals surface area contributed by atoms with Crippen LogP contribution in [0, 0.1) is 5.92 Å². The molecule has 16 heavy (non-hydrogen) atoms. The Morgan fingerprint density at radius 1 is 1.31 bits per heavy atom. The summed E-state index contributed by atoms with van der Waals surface area (Å²) in [5.74, 6) is 0.757. The van der Waals surface area contributed by atoms with Crippen LogP contribution in [0.2, 0.25) is 0 Å². The summed E-state index contributed by atoms with van der Waals surface area (Å²) in [6.07, 6.45) is 5.38. The van der Waals surface area contributed by atoms with Gasteiger partial charge >= 0.3 is 0 Å². The van der Waals surface area contributed by atoms with Gasteiger partial charge in [-0.15, -0.1) is 0 Å². The van der Waals surface area contributed by atoms with E-state index in [2.05, 4.69) is 43.2 Å². The van der Waals surface area contributed by atoms with Crippen LogP contribution in [0.5, 0.6) is 0 Å². The SMILES string of the molecule is CCNC(CCc1ccccn1)CC(C)C. The minimum absolute atomic E-state index is 0.631. The van der Waals surface area contributed by atoms with Crippen LogP contribution in [-0.4, -0.2) is 17.6 Å². The van der Waals surface area contributed by atoms with Crippen molar-refractivity contribution in [3.63, 3.8) is 0 Å². The molecule has 1 rings (SSSR count). The highest BCUT2D eigenvalue weighted by molar-refractivity contribution is 5.03. The number of hydrogen-bond acceptors (Lipinski definition) is 2. The van der Waals surface area contributed by atoms with Gasteiger partial charge < -0.3 is 5.32 Å². The third-order valence-corrected chi connectivity index (χ3v) is 2.72. The fraction of sp³-hybridized carbons (Fsp3) is 0.643. The monoisotopic (exact) mass is 220 g/mol. The second kappa shape index (κ2) is 7.39. The number of aryl methyl sites for hydroxylation is 1. The minimum Gasteiger partial charge on any atom is -0.314 e. The maximum atomic E-state index is 4.36. The number of nitrogens with one attached hydrogen (secondary N) is 1. The molecular formula is C14H24N2. The lowest BCUT2D eigenvalue weighted by Gasteiger charge is -2.19. The first-order valence-electron chi connectivity index (χ1n) is 6.35. The summed E-state index contributed by atoms with van der Waals surface area (Å²) in [5.41, 5.74) is 1.20. The molecule has 0 saturated heterocycles.